The molecule has 0 fully saturated rings. The number of halogens is 4. The summed E-state index contributed by atoms with van der Waals surface area (Å²) in [5.41, 5.74) is 0.253. The van der Waals surface area contributed by atoms with Crippen molar-refractivity contribution in [3.63, 3.8) is 0 Å². The van der Waals surface area contributed by atoms with Crippen LogP contribution in [0.15, 0.2) is 62.3 Å². The highest BCUT2D eigenvalue weighted by molar-refractivity contribution is 7.94. The first-order valence-corrected chi connectivity index (χ1v) is 10.2. The van der Waals surface area contributed by atoms with E-state index in [0.717, 1.165) is 12.1 Å². The highest BCUT2D eigenvalue weighted by Gasteiger charge is 2.38. The molecule has 30 heavy (non-hydrogen) atoms. The topological polar surface area (TPSA) is 85.4 Å². The lowest BCUT2D eigenvalue weighted by Crippen LogP contribution is -2.16. The quantitative estimate of drug-likeness (QED) is 0.534. The molecule has 0 bridgehead atoms. The summed E-state index contributed by atoms with van der Waals surface area (Å²) in [6.07, 6.45) is -4.77. The van der Waals surface area contributed by atoms with Gasteiger partial charge in [-0.25, -0.2) is 8.60 Å². The Labute approximate surface area is 169 Å². The number of carbonyl (C=O) groups excluding carboxylic acids is 1. The fourth-order valence-electron chi connectivity index (χ4n) is 2.45. The second-order valence-corrected chi connectivity index (χ2v) is 9.20. The van der Waals surface area contributed by atoms with Gasteiger partial charge in [0.15, 0.2) is 0 Å². The van der Waals surface area contributed by atoms with Crippen LogP contribution in [-0.4, -0.2) is 25.5 Å². The molecule has 11 heteroatoms. The van der Waals surface area contributed by atoms with Crippen LogP contribution in [0.5, 0.6) is 0 Å². The molecule has 0 aliphatic rings. The van der Waals surface area contributed by atoms with Gasteiger partial charge in [0.2, 0.25) is 5.82 Å². The Kier molecular flexibility index (Phi) is 5.75. The third kappa shape index (κ3) is 4.40. The first-order chi connectivity index (χ1) is 14.0. The molecule has 2 aromatic carbocycles. The Morgan fingerprint density at radius 2 is 1.67 bits per heavy atom. The van der Waals surface area contributed by atoms with E-state index in [9.17, 15) is 26.6 Å². The summed E-state index contributed by atoms with van der Waals surface area (Å²) in [6.45, 7) is 3.25. The molecule has 158 valence electrons. The molecule has 0 radical (unpaired) electrons. The Hall–Kier alpha value is -3.08. The van der Waals surface area contributed by atoms with E-state index in [4.69, 9.17) is 0 Å². The van der Waals surface area contributed by atoms with Gasteiger partial charge < -0.3 is 4.52 Å². The van der Waals surface area contributed by atoms with Crippen LogP contribution in [0.25, 0.3) is 11.4 Å². The Morgan fingerprint density at radius 1 is 1.07 bits per heavy atom. The van der Waals surface area contributed by atoms with Crippen LogP contribution >= 0.6 is 0 Å². The number of amides is 1. The van der Waals surface area contributed by atoms with Gasteiger partial charge in [-0.2, -0.15) is 22.5 Å². The van der Waals surface area contributed by atoms with Crippen molar-refractivity contribution in [2.75, 3.05) is 0 Å². The molecule has 1 heterocycles. The molecule has 1 amide bonds. The average molecular weight is 441 g/mol. The number of alkyl halides is 3. The van der Waals surface area contributed by atoms with E-state index in [1.54, 1.807) is 13.8 Å². The number of hydrogen-bond acceptors (Lipinski definition) is 5. The molecule has 3 rings (SSSR count). The first-order valence-electron chi connectivity index (χ1n) is 8.58. The molecule has 0 spiro atoms. The Morgan fingerprint density at radius 3 is 2.17 bits per heavy atom. The smallest absolute Gasteiger partial charge is 0.329 e. The summed E-state index contributed by atoms with van der Waals surface area (Å²) in [4.78, 5) is 16.1. The molecule has 1 unspecified atom stereocenters. The van der Waals surface area contributed by atoms with Gasteiger partial charge in [0.05, 0.1) is 9.73 Å². The van der Waals surface area contributed by atoms with Gasteiger partial charge in [-0.3, -0.25) is 4.79 Å². The maximum Gasteiger partial charge on any atom is 0.471 e. The molecule has 0 saturated carbocycles. The van der Waals surface area contributed by atoms with Gasteiger partial charge in [0.1, 0.15) is 5.82 Å². The third-order valence-electron chi connectivity index (χ3n) is 4.07. The maximum atomic E-state index is 13.3. The van der Waals surface area contributed by atoms with Crippen LogP contribution in [0.2, 0.25) is 0 Å². The fraction of sp³-hybridized carbons (Fsp3) is 0.211. The van der Waals surface area contributed by atoms with E-state index in [1.165, 1.54) is 36.4 Å². The summed E-state index contributed by atoms with van der Waals surface area (Å²) in [5, 5.41) is 2.73. The minimum Gasteiger partial charge on any atom is -0.329 e. The number of rotatable bonds is 4. The zero-order chi connectivity index (χ0) is 22.1. The van der Waals surface area contributed by atoms with Crippen molar-refractivity contribution in [3.05, 3.63) is 65.8 Å². The zero-order valence-corrected chi connectivity index (χ0v) is 16.5. The van der Waals surface area contributed by atoms with Gasteiger partial charge >= 0.3 is 12.1 Å². The number of nitrogens with zero attached hydrogens (tertiary/aromatic N) is 3. The molecular formula is C19H15F4N3O3S. The standard InChI is InChI=1S/C19H15F4N3O3S/c1-11(2)30(28,15-9-7-14(20)8-10-15)26-17(27)13-5-3-12(4-6-13)16-24-18(29-25-16)19(21,22)23/h3-11H,1-2H3. The minimum atomic E-state index is -4.77. The van der Waals surface area contributed by atoms with Crippen LogP contribution < -0.4 is 0 Å². The lowest BCUT2D eigenvalue weighted by molar-refractivity contribution is -0.159. The molecule has 3 aromatic rings. The lowest BCUT2D eigenvalue weighted by atomic mass is 10.1. The monoisotopic (exact) mass is 441 g/mol. The molecule has 0 aliphatic heterocycles. The van der Waals surface area contributed by atoms with E-state index in [2.05, 4.69) is 19.0 Å². The summed E-state index contributed by atoms with van der Waals surface area (Å²) in [5.74, 6) is -3.07. The van der Waals surface area contributed by atoms with Crippen molar-refractivity contribution in [3.8, 4) is 11.4 Å². The van der Waals surface area contributed by atoms with Crippen molar-refractivity contribution in [2.45, 2.75) is 30.2 Å². The van der Waals surface area contributed by atoms with E-state index in [1.807, 2.05) is 0 Å². The normalized spacial score (nSPS) is 13.8. The fourth-order valence-corrected chi connectivity index (χ4v) is 4.19. The molecular weight excluding hydrogens is 426 g/mol. The van der Waals surface area contributed by atoms with Crippen molar-refractivity contribution < 1.29 is 31.1 Å². The van der Waals surface area contributed by atoms with Crippen LogP contribution in [0, 0.1) is 5.82 Å². The van der Waals surface area contributed by atoms with E-state index in [0.29, 0.717) is 0 Å². The molecule has 6 nitrogen and oxygen atoms in total. The van der Waals surface area contributed by atoms with Gasteiger partial charge in [0, 0.05) is 21.3 Å². The molecule has 1 aromatic heterocycles. The largest absolute Gasteiger partial charge is 0.471 e. The zero-order valence-electron chi connectivity index (χ0n) is 15.7. The Balaban J connectivity index is 1.92. The van der Waals surface area contributed by atoms with Crippen molar-refractivity contribution in [2.24, 2.45) is 4.36 Å². The SMILES string of the molecule is CC(C)S(=O)(=NC(=O)c1ccc(-c2noc(C(F)(F)F)n2)cc1)c1ccc(F)cc1. The molecule has 0 N–H and O–H groups in total. The van der Waals surface area contributed by atoms with Gasteiger partial charge in [-0.05, 0) is 50.2 Å². The Bertz CT molecular complexity index is 1180. The predicted octanol–water partition coefficient (Wildman–Crippen LogP) is 4.97. The van der Waals surface area contributed by atoms with E-state index in [-0.39, 0.29) is 21.8 Å². The third-order valence-corrected chi connectivity index (χ3v) is 6.73. The summed E-state index contributed by atoms with van der Waals surface area (Å²) in [6, 6.07) is 10.1. The summed E-state index contributed by atoms with van der Waals surface area (Å²) in [7, 11) is -3.18. The van der Waals surface area contributed by atoms with E-state index >= 15 is 0 Å². The highest BCUT2D eigenvalue weighted by atomic mass is 32.2. The predicted molar refractivity (Wildman–Crippen MR) is 99.4 cm³/mol. The highest BCUT2D eigenvalue weighted by Crippen LogP contribution is 2.29. The van der Waals surface area contributed by atoms with Crippen molar-refractivity contribution in [1.29, 1.82) is 0 Å². The lowest BCUT2D eigenvalue weighted by Gasteiger charge is -2.13. The van der Waals surface area contributed by atoms with Crippen LogP contribution in [0.1, 0.15) is 30.1 Å². The second-order valence-electron chi connectivity index (χ2n) is 6.47. The summed E-state index contributed by atoms with van der Waals surface area (Å²) < 4.78 is 72.3. The first kappa shape index (κ1) is 21.6. The average Bonchev–Trinajstić information content (AvgIpc) is 3.19. The van der Waals surface area contributed by atoms with E-state index < -0.39 is 38.8 Å². The number of aromatic nitrogens is 2. The van der Waals surface area contributed by atoms with Crippen LogP contribution in [0.3, 0.4) is 0 Å². The molecule has 0 aliphatic carbocycles. The number of hydrogen-bond donors (Lipinski definition) is 0. The van der Waals surface area contributed by atoms with Gasteiger partial charge in [-0.1, -0.05) is 17.3 Å². The molecule has 1 atom stereocenters. The van der Waals surface area contributed by atoms with Crippen LogP contribution in [-0.2, 0) is 15.9 Å². The van der Waals surface area contributed by atoms with Gasteiger partial charge in [0.25, 0.3) is 5.91 Å². The van der Waals surface area contributed by atoms with Crippen molar-refractivity contribution >= 4 is 15.6 Å². The number of carbonyl (C=O) groups is 1. The van der Waals surface area contributed by atoms with Crippen molar-refractivity contribution in [1.82, 2.24) is 10.1 Å². The number of benzene rings is 2. The molecule has 0 saturated heterocycles. The van der Waals surface area contributed by atoms with Crippen LogP contribution in [0.4, 0.5) is 17.6 Å². The maximum absolute atomic E-state index is 13.3. The second kappa shape index (κ2) is 7.98. The minimum absolute atomic E-state index is 0.0637. The van der Waals surface area contributed by atoms with Gasteiger partial charge in [-0.15, -0.1) is 0 Å². The summed E-state index contributed by atoms with van der Waals surface area (Å²) >= 11 is 0.